The fraction of sp³-hybridized carbons (Fsp3) is 0.188. The number of carbonyl (C=O) groups excluding carboxylic acids is 1. The molecule has 0 aromatic heterocycles. The fourth-order valence-electron chi connectivity index (χ4n) is 2.00. The van der Waals surface area contributed by atoms with E-state index in [1.807, 2.05) is 0 Å². The van der Waals surface area contributed by atoms with Crippen LogP contribution in [0.25, 0.3) is 0 Å². The summed E-state index contributed by atoms with van der Waals surface area (Å²) in [4.78, 5) is 11.9. The third-order valence-corrected chi connectivity index (χ3v) is 3.26. The van der Waals surface area contributed by atoms with Crippen LogP contribution in [0.3, 0.4) is 0 Å². The Morgan fingerprint density at radius 1 is 1.09 bits per heavy atom. The summed E-state index contributed by atoms with van der Waals surface area (Å²) in [5.74, 6) is 1.64. The van der Waals surface area contributed by atoms with E-state index in [-0.39, 0.29) is 12.5 Å². The number of hydrogen-bond donors (Lipinski definition) is 1. The minimum atomic E-state index is -0.258. The predicted molar refractivity (Wildman–Crippen MR) is 83.0 cm³/mol. The molecule has 0 saturated carbocycles. The molecular weight excluding hydrogens is 306 g/mol. The van der Waals surface area contributed by atoms with Gasteiger partial charge >= 0.3 is 0 Å². The monoisotopic (exact) mass is 319 g/mol. The van der Waals surface area contributed by atoms with Crippen LogP contribution in [0, 0.1) is 0 Å². The van der Waals surface area contributed by atoms with Crippen molar-refractivity contribution in [2.75, 3.05) is 25.1 Å². The highest BCUT2D eigenvalue weighted by molar-refractivity contribution is 6.30. The standard InChI is InChI=1S/C16H14ClNO4/c17-11-1-4-13(5-2-11)22-10-16(19)18-12-3-6-14-15(9-12)21-8-7-20-14/h1-6,9H,7-8,10H2,(H,18,19). The molecule has 2 aromatic carbocycles. The minimum Gasteiger partial charge on any atom is -0.486 e. The molecular formula is C16H14ClNO4. The lowest BCUT2D eigenvalue weighted by atomic mass is 10.2. The van der Waals surface area contributed by atoms with Crippen molar-refractivity contribution in [1.29, 1.82) is 0 Å². The second-order valence-corrected chi connectivity index (χ2v) is 5.09. The molecule has 0 radical (unpaired) electrons. The Bertz CT molecular complexity index is 672. The van der Waals surface area contributed by atoms with E-state index in [0.29, 0.717) is 41.2 Å². The average Bonchev–Trinajstić information content (AvgIpc) is 2.54. The van der Waals surface area contributed by atoms with Crippen LogP contribution in [0.15, 0.2) is 42.5 Å². The molecule has 1 N–H and O–H groups in total. The lowest BCUT2D eigenvalue weighted by molar-refractivity contribution is -0.118. The summed E-state index contributed by atoms with van der Waals surface area (Å²) in [6, 6.07) is 12.1. The Labute approximate surface area is 132 Å². The van der Waals surface area contributed by atoms with Crippen molar-refractivity contribution in [3.05, 3.63) is 47.5 Å². The van der Waals surface area contributed by atoms with Gasteiger partial charge in [0.1, 0.15) is 19.0 Å². The van der Waals surface area contributed by atoms with Gasteiger partial charge in [-0.3, -0.25) is 4.79 Å². The van der Waals surface area contributed by atoms with Crippen LogP contribution in [-0.4, -0.2) is 25.7 Å². The quantitative estimate of drug-likeness (QED) is 0.940. The van der Waals surface area contributed by atoms with Gasteiger partial charge in [-0.05, 0) is 36.4 Å². The molecule has 0 bridgehead atoms. The summed E-state index contributed by atoms with van der Waals surface area (Å²) in [6.45, 7) is 0.952. The van der Waals surface area contributed by atoms with Crippen molar-refractivity contribution in [3.8, 4) is 17.2 Å². The zero-order valence-corrected chi connectivity index (χ0v) is 12.4. The third kappa shape index (κ3) is 3.62. The number of halogens is 1. The molecule has 0 saturated heterocycles. The van der Waals surface area contributed by atoms with E-state index in [1.165, 1.54) is 0 Å². The number of nitrogens with one attached hydrogen (secondary N) is 1. The molecule has 1 heterocycles. The summed E-state index contributed by atoms with van der Waals surface area (Å²) in [5, 5.41) is 3.37. The Morgan fingerprint density at radius 2 is 1.82 bits per heavy atom. The van der Waals surface area contributed by atoms with E-state index < -0.39 is 0 Å². The Kier molecular flexibility index (Phi) is 4.34. The van der Waals surface area contributed by atoms with Gasteiger partial charge in [-0.1, -0.05) is 11.6 Å². The van der Waals surface area contributed by atoms with Crippen molar-refractivity contribution in [2.45, 2.75) is 0 Å². The second kappa shape index (κ2) is 6.58. The Balaban J connectivity index is 1.56. The fourth-order valence-corrected chi connectivity index (χ4v) is 2.12. The minimum absolute atomic E-state index is 0.0872. The summed E-state index contributed by atoms with van der Waals surface area (Å²) in [7, 11) is 0. The molecule has 3 rings (SSSR count). The molecule has 1 aliphatic heterocycles. The SMILES string of the molecule is O=C(COc1ccc(Cl)cc1)Nc1ccc2c(c1)OCCO2. The van der Waals surface area contributed by atoms with Crippen LogP contribution in [0.5, 0.6) is 17.2 Å². The predicted octanol–water partition coefficient (Wildman–Crippen LogP) is 3.13. The largest absolute Gasteiger partial charge is 0.486 e. The number of hydrogen-bond acceptors (Lipinski definition) is 4. The number of carbonyl (C=O) groups is 1. The molecule has 1 aliphatic rings. The topological polar surface area (TPSA) is 56.8 Å². The van der Waals surface area contributed by atoms with E-state index in [2.05, 4.69) is 5.32 Å². The number of fused-ring (bicyclic) bond motifs is 1. The van der Waals surface area contributed by atoms with Crippen LogP contribution < -0.4 is 19.5 Å². The maximum absolute atomic E-state index is 11.9. The molecule has 0 unspecified atom stereocenters. The van der Waals surface area contributed by atoms with E-state index in [1.54, 1.807) is 42.5 Å². The van der Waals surface area contributed by atoms with Crippen LogP contribution in [0.4, 0.5) is 5.69 Å². The number of anilines is 1. The van der Waals surface area contributed by atoms with Crippen molar-refractivity contribution < 1.29 is 19.0 Å². The van der Waals surface area contributed by atoms with Crippen molar-refractivity contribution in [2.24, 2.45) is 0 Å². The number of ether oxygens (including phenoxy) is 3. The van der Waals surface area contributed by atoms with Gasteiger partial charge in [0.15, 0.2) is 18.1 Å². The highest BCUT2D eigenvalue weighted by atomic mass is 35.5. The molecule has 5 nitrogen and oxygen atoms in total. The van der Waals surface area contributed by atoms with Gasteiger partial charge in [0.25, 0.3) is 5.91 Å². The number of benzene rings is 2. The Hall–Kier alpha value is -2.40. The van der Waals surface area contributed by atoms with Crippen LogP contribution >= 0.6 is 11.6 Å². The first kappa shape index (κ1) is 14.5. The number of rotatable bonds is 4. The molecule has 6 heteroatoms. The molecule has 22 heavy (non-hydrogen) atoms. The summed E-state index contributed by atoms with van der Waals surface area (Å²) < 4.78 is 16.3. The first-order chi connectivity index (χ1) is 10.7. The second-order valence-electron chi connectivity index (χ2n) is 4.65. The molecule has 2 aromatic rings. The van der Waals surface area contributed by atoms with Gasteiger partial charge in [0, 0.05) is 16.8 Å². The van der Waals surface area contributed by atoms with Gasteiger partial charge in [-0.2, -0.15) is 0 Å². The van der Waals surface area contributed by atoms with Gasteiger partial charge in [0.2, 0.25) is 0 Å². The van der Waals surface area contributed by atoms with Crippen LogP contribution in [0.1, 0.15) is 0 Å². The normalized spacial score (nSPS) is 12.6. The molecule has 0 spiro atoms. The maximum Gasteiger partial charge on any atom is 0.262 e. The van der Waals surface area contributed by atoms with Gasteiger partial charge in [0.05, 0.1) is 0 Å². The van der Waals surface area contributed by atoms with Crippen molar-refractivity contribution >= 4 is 23.2 Å². The number of amides is 1. The molecule has 0 aliphatic carbocycles. The summed E-state index contributed by atoms with van der Waals surface area (Å²) in [5.41, 5.74) is 0.633. The van der Waals surface area contributed by atoms with Gasteiger partial charge < -0.3 is 19.5 Å². The highest BCUT2D eigenvalue weighted by Gasteiger charge is 2.12. The zero-order valence-electron chi connectivity index (χ0n) is 11.7. The smallest absolute Gasteiger partial charge is 0.262 e. The Morgan fingerprint density at radius 3 is 2.59 bits per heavy atom. The lowest BCUT2D eigenvalue weighted by Crippen LogP contribution is -2.20. The molecule has 114 valence electrons. The van der Waals surface area contributed by atoms with E-state index in [9.17, 15) is 4.79 Å². The van der Waals surface area contributed by atoms with Crippen molar-refractivity contribution in [1.82, 2.24) is 0 Å². The highest BCUT2D eigenvalue weighted by Crippen LogP contribution is 2.32. The average molecular weight is 320 g/mol. The van der Waals surface area contributed by atoms with Crippen LogP contribution in [0.2, 0.25) is 5.02 Å². The van der Waals surface area contributed by atoms with Crippen molar-refractivity contribution in [3.63, 3.8) is 0 Å². The summed E-state index contributed by atoms with van der Waals surface area (Å²) in [6.07, 6.45) is 0. The molecule has 0 fully saturated rings. The van der Waals surface area contributed by atoms with Gasteiger partial charge in [-0.15, -0.1) is 0 Å². The third-order valence-electron chi connectivity index (χ3n) is 3.01. The zero-order chi connectivity index (χ0) is 15.4. The first-order valence-electron chi connectivity index (χ1n) is 6.78. The lowest BCUT2D eigenvalue weighted by Gasteiger charge is -2.19. The van der Waals surface area contributed by atoms with Crippen LogP contribution in [-0.2, 0) is 4.79 Å². The summed E-state index contributed by atoms with van der Waals surface area (Å²) >= 11 is 5.78. The van der Waals surface area contributed by atoms with E-state index in [0.717, 1.165) is 0 Å². The maximum atomic E-state index is 11.9. The molecule has 0 atom stereocenters. The van der Waals surface area contributed by atoms with E-state index >= 15 is 0 Å². The first-order valence-corrected chi connectivity index (χ1v) is 7.16. The van der Waals surface area contributed by atoms with E-state index in [4.69, 9.17) is 25.8 Å². The molecule has 1 amide bonds. The van der Waals surface area contributed by atoms with Gasteiger partial charge in [-0.25, -0.2) is 0 Å².